The van der Waals surface area contributed by atoms with Crippen LogP contribution in [0.4, 0.5) is 5.69 Å². The largest absolute Gasteiger partial charge is 0.398 e. The van der Waals surface area contributed by atoms with Crippen LogP contribution in [-0.4, -0.2) is 23.4 Å². The van der Waals surface area contributed by atoms with E-state index >= 15 is 0 Å². The molecule has 2 N–H and O–H groups in total. The highest BCUT2D eigenvalue weighted by Crippen LogP contribution is 2.29. The minimum Gasteiger partial charge on any atom is -0.398 e. The number of likely N-dealkylation sites (tertiary alicyclic amines) is 1. The van der Waals surface area contributed by atoms with E-state index in [4.69, 9.17) is 5.73 Å². The van der Waals surface area contributed by atoms with Crippen molar-refractivity contribution in [2.75, 3.05) is 12.3 Å². The summed E-state index contributed by atoms with van der Waals surface area (Å²) in [5.41, 5.74) is 8.26. The van der Waals surface area contributed by atoms with Crippen LogP contribution in [-0.2, 0) is 0 Å². The van der Waals surface area contributed by atoms with Crippen molar-refractivity contribution in [1.29, 1.82) is 0 Å². The summed E-state index contributed by atoms with van der Waals surface area (Å²) >= 11 is 0. The van der Waals surface area contributed by atoms with Gasteiger partial charge in [-0.2, -0.15) is 0 Å². The molecule has 0 bridgehead atoms. The molecule has 1 aliphatic rings. The molecular formula is C16H24N2O. The van der Waals surface area contributed by atoms with Crippen molar-refractivity contribution in [2.45, 2.75) is 40.2 Å². The summed E-state index contributed by atoms with van der Waals surface area (Å²) in [5, 5.41) is 0. The summed E-state index contributed by atoms with van der Waals surface area (Å²) in [5.74, 6) is 1.17. The van der Waals surface area contributed by atoms with Crippen molar-refractivity contribution in [3.63, 3.8) is 0 Å². The monoisotopic (exact) mass is 260 g/mol. The van der Waals surface area contributed by atoms with Gasteiger partial charge in [0.2, 0.25) is 0 Å². The number of hydrogen-bond donors (Lipinski definition) is 1. The molecule has 104 valence electrons. The van der Waals surface area contributed by atoms with E-state index in [1.54, 1.807) is 0 Å². The Morgan fingerprint density at radius 3 is 2.68 bits per heavy atom. The zero-order chi connectivity index (χ0) is 14.2. The normalized spacial score (nSPS) is 27.4. The van der Waals surface area contributed by atoms with Gasteiger partial charge >= 0.3 is 0 Å². The van der Waals surface area contributed by atoms with Crippen LogP contribution in [0.3, 0.4) is 0 Å². The Bertz CT molecular complexity index is 484. The molecule has 3 atom stereocenters. The fourth-order valence-corrected chi connectivity index (χ4v) is 2.99. The van der Waals surface area contributed by atoms with Gasteiger partial charge in [0.15, 0.2) is 0 Å². The molecule has 1 aliphatic heterocycles. The summed E-state index contributed by atoms with van der Waals surface area (Å²) in [6.45, 7) is 9.39. The molecule has 0 radical (unpaired) electrons. The first-order valence-corrected chi connectivity index (χ1v) is 7.07. The van der Waals surface area contributed by atoms with E-state index in [0.717, 1.165) is 12.1 Å². The van der Waals surface area contributed by atoms with E-state index in [-0.39, 0.29) is 11.9 Å². The standard InChI is InChI=1S/C16H24N2O/c1-10-5-6-15(17)14(8-10)16(19)18-9-11(2)7-12(3)13(18)4/h5-6,8,11-13H,7,9,17H2,1-4H3. The fourth-order valence-electron chi connectivity index (χ4n) is 2.99. The topological polar surface area (TPSA) is 46.3 Å². The van der Waals surface area contributed by atoms with Crippen molar-refractivity contribution < 1.29 is 4.79 Å². The number of amides is 1. The van der Waals surface area contributed by atoms with E-state index in [9.17, 15) is 4.79 Å². The minimum atomic E-state index is 0.0760. The smallest absolute Gasteiger partial charge is 0.256 e. The first kappa shape index (κ1) is 13.9. The highest BCUT2D eigenvalue weighted by Gasteiger charge is 2.32. The molecule has 19 heavy (non-hydrogen) atoms. The molecule has 3 nitrogen and oxygen atoms in total. The number of nitrogens with zero attached hydrogens (tertiary/aromatic N) is 1. The van der Waals surface area contributed by atoms with Crippen LogP contribution in [0.2, 0.25) is 0 Å². The van der Waals surface area contributed by atoms with Crippen molar-refractivity contribution in [1.82, 2.24) is 4.90 Å². The maximum Gasteiger partial charge on any atom is 0.256 e. The number of hydrogen-bond acceptors (Lipinski definition) is 2. The van der Waals surface area contributed by atoms with E-state index in [0.29, 0.717) is 23.1 Å². The average molecular weight is 260 g/mol. The molecule has 0 saturated carbocycles. The van der Waals surface area contributed by atoms with E-state index < -0.39 is 0 Å². The maximum absolute atomic E-state index is 12.7. The molecule has 1 aromatic carbocycles. The number of nitrogen functional groups attached to an aromatic ring is 1. The zero-order valence-corrected chi connectivity index (χ0v) is 12.3. The van der Waals surface area contributed by atoms with Crippen molar-refractivity contribution in [2.24, 2.45) is 11.8 Å². The quantitative estimate of drug-likeness (QED) is 0.789. The molecule has 1 fully saturated rings. The zero-order valence-electron chi connectivity index (χ0n) is 12.3. The Kier molecular flexibility index (Phi) is 3.83. The van der Waals surface area contributed by atoms with Crippen LogP contribution in [0.15, 0.2) is 18.2 Å². The molecule has 0 aliphatic carbocycles. The second-order valence-electron chi connectivity index (χ2n) is 6.11. The molecular weight excluding hydrogens is 236 g/mol. The van der Waals surface area contributed by atoms with E-state index in [2.05, 4.69) is 20.8 Å². The average Bonchev–Trinajstić information content (AvgIpc) is 2.36. The van der Waals surface area contributed by atoms with Gasteiger partial charge in [0.1, 0.15) is 0 Å². The van der Waals surface area contributed by atoms with Crippen LogP contribution < -0.4 is 5.73 Å². The summed E-state index contributed by atoms with van der Waals surface area (Å²) in [6.07, 6.45) is 1.19. The van der Waals surface area contributed by atoms with Crippen LogP contribution in [0.1, 0.15) is 43.1 Å². The van der Waals surface area contributed by atoms with Gasteiger partial charge in [-0.15, -0.1) is 0 Å². The fraction of sp³-hybridized carbons (Fsp3) is 0.562. The number of piperidine rings is 1. The minimum absolute atomic E-state index is 0.0760. The first-order chi connectivity index (χ1) is 8.90. The van der Waals surface area contributed by atoms with Gasteiger partial charge in [0, 0.05) is 18.3 Å². The lowest BCUT2D eigenvalue weighted by Crippen LogP contribution is -2.49. The summed E-state index contributed by atoms with van der Waals surface area (Å²) in [6, 6.07) is 5.94. The van der Waals surface area contributed by atoms with Crippen LogP contribution in [0.25, 0.3) is 0 Å². The number of aryl methyl sites for hydroxylation is 1. The second kappa shape index (κ2) is 5.24. The molecule has 1 heterocycles. The predicted molar refractivity (Wildman–Crippen MR) is 79.0 cm³/mol. The van der Waals surface area contributed by atoms with Gasteiger partial charge in [0.05, 0.1) is 5.56 Å². The molecule has 0 spiro atoms. The molecule has 3 unspecified atom stereocenters. The lowest BCUT2D eigenvalue weighted by atomic mass is 9.85. The van der Waals surface area contributed by atoms with Crippen molar-refractivity contribution in [3.8, 4) is 0 Å². The number of benzene rings is 1. The Morgan fingerprint density at radius 1 is 1.32 bits per heavy atom. The number of nitrogens with two attached hydrogens (primary N) is 1. The molecule has 1 amide bonds. The second-order valence-corrected chi connectivity index (χ2v) is 6.11. The van der Waals surface area contributed by atoms with E-state index in [1.165, 1.54) is 6.42 Å². The number of carbonyl (C=O) groups is 1. The van der Waals surface area contributed by atoms with Gasteiger partial charge in [-0.3, -0.25) is 4.79 Å². The Labute approximate surface area is 115 Å². The summed E-state index contributed by atoms with van der Waals surface area (Å²) in [7, 11) is 0. The number of carbonyl (C=O) groups excluding carboxylic acids is 1. The lowest BCUT2D eigenvalue weighted by Gasteiger charge is -2.41. The molecule has 0 aromatic heterocycles. The third kappa shape index (κ3) is 2.75. The molecule has 1 aromatic rings. The SMILES string of the molecule is Cc1ccc(N)c(C(=O)N2CC(C)CC(C)C2C)c1. The Morgan fingerprint density at radius 2 is 2.00 bits per heavy atom. The van der Waals surface area contributed by atoms with Crippen LogP contribution in [0.5, 0.6) is 0 Å². The lowest BCUT2D eigenvalue weighted by molar-refractivity contribution is 0.0456. The van der Waals surface area contributed by atoms with Gasteiger partial charge in [-0.05, 0) is 44.2 Å². The van der Waals surface area contributed by atoms with Crippen molar-refractivity contribution in [3.05, 3.63) is 29.3 Å². The summed E-state index contributed by atoms with van der Waals surface area (Å²) < 4.78 is 0. The third-order valence-electron chi connectivity index (χ3n) is 4.30. The molecule has 3 heteroatoms. The summed E-state index contributed by atoms with van der Waals surface area (Å²) in [4.78, 5) is 14.7. The van der Waals surface area contributed by atoms with Crippen molar-refractivity contribution >= 4 is 11.6 Å². The third-order valence-corrected chi connectivity index (χ3v) is 4.30. The van der Waals surface area contributed by atoms with Crippen LogP contribution >= 0.6 is 0 Å². The van der Waals surface area contributed by atoms with Crippen LogP contribution in [0, 0.1) is 18.8 Å². The van der Waals surface area contributed by atoms with Gasteiger partial charge in [-0.25, -0.2) is 0 Å². The molecule has 1 saturated heterocycles. The first-order valence-electron chi connectivity index (χ1n) is 7.07. The predicted octanol–water partition coefficient (Wildman–Crippen LogP) is 3.08. The Balaban J connectivity index is 2.30. The van der Waals surface area contributed by atoms with Gasteiger partial charge in [-0.1, -0.05) is 25.5 Å². The maximum atomic E-state index is 12.7. The number of rotatable bonds is 1. The highest BCUT2D eigenvalue weighted by molar-refractivity contribution is 5.99. The van der Waals surface area contributed by atoms with Gasteiger partial charge < -0.3 is 10.6 Å². The number of anilines is 1. The van der Waals surface area contributed by atoms with E-state index in [1.807, 2.05) is 30.0 Å². The van der Waals surface area contributed by atoms with Gasteiger partial charge in [0.25, 0.3) is 5.91 Å². The molecule has 2 rings (SSSR count). The highest BCUT2D eigenvalue weighted by atomic mass is 16.2. The Hall–Kier alpha value is -1.51.